The average molecular weight is 231 g/mol. The molecule has 1 heterocycles. The second-order valence-electron chi connectivity index (χ2n) is 4.42. The first-order valence-electron chi connectivity index (χ1n) is 5.90. The van der Waals surface area contributed by atoms with E-state index in [1.807, 2.05) is 18.2 Å². The maximum Gasteiger partial charge on any atom is 0.307 e. The molecule has 3 nitrogen and oxygen atoms in total. The Labute approximate surface area is 101 Å². The zero-order valence-corrected chi connectivity index (χ0v) is 9.80. The fourth-order valence-electron chi connectivity index (χ4n) is 2.18. The van der Waals surface area contributed by atoms with Crippen LogP contribution >= 0.6 is 0 Å². The van der Waals surface area contributed by atoms with Crippen molar-refractivity contribution in [3.05, 3.63) is 47.5 Å². The van der Waals surface area contributed by atoms with Crippen molar-refractivity contribution in [3.8, 4) is 0 Å². The maximum atomic E-state index is 10.7. The van der Waals surface area contributed by atoms with E-state index in [1.165, 1.54) is 5.56 Å². The normalized spacial score (nSPS) is 16.6. The molecule has 0 aromatic heterocycles. The number of carbonyl (C=O) groups is 1. The molecule has 0 fully saturated rings. The summed E-state index contributed by atoms with van der Waals surface area (Å²) in [5, 5.41) is 8.78. The summed E-state index contributed by atoms with van der Waals surface area (Å²) in [7, 11) is 0. The fraction of sp³-hybridized carbons (Fsp3) is 0.357. The second-order valence-corrected chi connectivity index (χ2v) is 4.42. The molecule has 1 aliphatic heterocycles. The van der Waals surface area contributed by atoms with Crippen LogP contribution in [0.5, 0.6) is 0 Å². The lowest BCUT2D eigenvalue weighted by atomic mass is 10.1. The van der Waals surface area contributed by atoms with Crippen molar-refractivity contribution in [2.24, 2.45) is 0 Å². The van der Waals surface area contributed by atoms with Crippen LogP contribution in [0.1, 0.15) is 18.4 Å². The van der Waals surface area contributed by atoms with Crippen LogP contribution in [-0.4, -0.2) is 29.1 Å². The third-order valence-corrected chi connectivity index (χ3v) is 2.93. The molecule has 1 N–H and O–H groups in total. The van der Waals surface area contributed by atoms with Crippen LogP contribution in [-0.2, 0) is 11.3 Å². The minimum Gasteiger partial charge on any atom is -0.481 e. The van der Waals surface area contributed by atoms with Gasteiger partial charge in [-0.3, -0.25) is 9.69 Å². The number of benzene rings is 1. The van der Waals surface area contributed by atoms with Crippen LogP contribution in [0.2, 0.25) is 0 Å². The molecule has 0 amide bonds. The molecule has 0 radical (unpaired) electrons. The SMILES string of the molecule is O=C(O)CC1=CCCN(Cc2ccccc2)C1. The summed E-state index contributed by atoms with van der Waals surface area (Å²) < 4.78 is 0. The predicted octanol–water partition coefficient (Wildman–Crippen LogP) is 2.29. The number of hydrogen-bond acceptors (Lipinski definition) is 2. The fourth-order valence-corrected chi connectivity index (χ4v) is 2.18. The molecule has 0 atom stereocenters. The molecular formula is C14H17NO2. The monoisotopic (exact) mass is 231 g/mol. The summed E-state index contributed by atoms with van der Waals surface area (Å²) in [6.45, 7) is 2.69. The Balaban J connectivity index is 1.92. The predicted molar refractivity (Wildman–Crippen MR) is 66.7 cm³/mol. The highest BCUT2D eigenvalue weighted by molar-refractivity contribution is 5.70. The van der Waals surface area contributed by atoms with Crippen LogP contribution in [0.15, 0.2) is 42.0 Å². The quantitative estimate of drug-likeness (QED) is 0.808. The van der Waals surface area contributed by atoms with E-state index in [1.54, 1.807) is 0 Å². The van der Waals surface area contributed by atoms with Gasteiger partial charge >= 0.3 is 5.97 Å². The first-order valence-corrected chi connectivity index (χ1v) is 5.90. The molecule has 0 bridgehead atoms. The van der Waals surface area contributed by atoms with E-state index in [-0.39, 0.29) is 6.42 Å². The zero-order chi connectivity index (χ0) is 12.1. The van der Waals surface area contributed by atoms with E-state index in [9.17, 15) is 4.79 Å². The van der Waals surface area contributed by atoms with Gasteiger partial charge in [0, 0.05) is 19.6 Å². The second kappa shape index (κ2) is 5.64. The molecule has 0 saturated carbocycles. The van der Waals surface area contributed by atoms with Gasteiger partial charge in [0.2, 0.25) is 0 Å². The van der Waals surface area contributed by atoms with Gasteiger partial charge in [0.1, 0.15) is 0 Å². The molecule has 0 aliphatic carbocycles. The van der Waals surface area contributed by atoms with Gasteiger partial charge in [-0.2, -0.15) is 0 Å². The topological polar surface area (TPSA) is 40.5 Å². The highest BCUT2D eigenvalue weighted by Gasteiger charge is 2.14. The number of hydrogen-bond donors (Lipinski definition) is 1. The lowest BCUT2D eigenvalue weighted by molar-refractivity contribution is -0.136. The maximum absolute atomic E-state index is 10.7. The zero-order valence-electron chi connectivity index (χ0n) is 9.80. The third kappa shape index (κ3) is 3.71. The molecule has 1 aromatic carbocycles. The van der Waals surface area contributed by atoms with Crippen molar-refractivity contribution >= 4 is 5.97 Å². The number of carboxylic acids is 1. The summed E-state index contributed by atoms with van der Waals surface area (Å²) in [4.78, 5) is 13.0. The van der Waals surface area contributed by atoms with Crippen LogP contribution in [0.4, 0.5) is 0 Å². The standard InChI is InChI=1S/C14H17NO2/c16-14(17)9-13-7-4-8-15(11-13)10-12-5-2-1-3-6-12/h1-3,5-7H,4,8-11H2,(H,16,17). The highest BCUT2D eigenvalue weighted by Crippen LogP contribution is 2.15. The van der Waals surface area contributed by atoms with Crippen molar-refractivity contribution in [1.29, 1.82) is 0 Å². The van der Waals surface area contributed by atoms with Crippen molar-refractivity contribution < 1.29 is 9.90 Å². The Morgan fingerprint density at radius 1 is 1.29 bits per heavy atom. The van der Waals surface area contributed by atoms with E-state index in [0.717, 1.165) is 31.6 Å². The molecule has 2 rings (SSSR count). The van der Waals surface area contributed by atoms with E-state index in [0.29, 0.717) is 0 Å². The van der Waals surface area contributed by atoms with Crippen molar-refractivity contribution in [3.63, 3.8) is 0 Å². The largest absolute Gasteiger partial charge is 0.481 e. The Morgan fingerprint density at radius 2 is 2.06 bits per heavy atom. The average Bonchev–Trinajstić information content (AvgIpc) is 2.30. The first kappa shape index (κ1) is 11.9. The number of aliphatic carboxylic acids is 1. The van der Waals surface area contributed by atoms with Gasteiger partial charge in [0.25, 0.3) is 0 Å². The first-order chi connectivity index (χ1) is 8.24. The van der Waals surface area contributed by atoms with Gasteiger partial charge in [-0.05, 0) is 17.6 Å². The van der Waals surface area contributed by atoms with E-state index < -0.39 is 5.97 Å². The molecular weight excluding hydrogens is 214 g/mol. The highest BCUT2D eigenvalue weighted by atomic mass is 16.4. The molecule has 17 heavy (non-hydrogen) atoms. The van der Waals surface area contributed by atoms with Crippen molar-refractivity contribution in [2.45, 2.75) is 19.4 Å². The minimum atomic E-state index is -0.738. The molecule has 90 valence electrons. The van der Waals surface area contributed by atoms with Crippen LogP contribution in [0.3, 0.4) is 0 Å². The van der Waals surface area contributed by atoms with Crippen LogP contribution in [0.25, 0.3) is 0 Å². The summed E-state index contributed by atoms with van der Waals surface area (Å²) in [6.07, 6.45) is 3.19. The van der Waals surface area contributed by atoms with E-state index >= 15 is 0 Å². The van der Waals surface area contributed by atoms with E-state index in [4.69, 9.17) is 5.11 Å². The van der Waals surface area contributed by atoms with Crippen LogP contribution < -0.4 is 0 Å². The summed E-state index contributed by atoms with van der Waals surface area (Å²) in [5.41, 5.74) is 2.31. The van der Waals surface area contributed by atoms with Gasteiger partial charge < -0.3 is 5.11 Å². The molecule has 0 spiro atoms. The van der Waals surface area contributed by atoms with Gasteiger partial charge in [-0.15, -0.1) is 0 Å². The van der Waals surface area contributed by atoms with Gasteiger partial charge in [-0.25, -0.2) is 0 Å². The van der Waals surface area contributed by atoms with E-state index in [2.05, 4.69) is 23.1 Å². The van der Waals surface area contributed by atoms with Gasteiger partial charge in [0.05, 0.1) is 6.42 Å². The number of carboxylic acid groups (broad SMARTS) is 1. The Hall–Kier alpha value is -1.61. The summed E-state index contributed by atoms with van der Waals surface area (Å²) in [5.74, 6) is -0.738. The lowest BCUT2D eigenvalue weighted by Crippen LogP contribution is -2.30. The Kier molecular flexibility index (Phi) is 3.94. The molecule has 3 heteroatoms. The van der Waals surface area contributed by atoms with Gasteiger partial charge in [-0.1, -0.05) is 36.4 Å². The Bertz CT molecular complexity index is 411. The molecule has 1 aliphatic rings. The number of nitrogens with zero attached hydrogens (tertiary/aromatic N) is 1. The molecule has 0 unspecified atom stereocenters. The lowest BCUT2D eigenvalue weighted by Gasteiger charge is -2.26. The van der Waals surface area contributed by atoms with Crippen molar-refractivity contribution in [2.75, 3.05) is 13.1 Å². The van der Waals surface area contributed by atoms with Crippen LogP contribution in [0, 0.1) is 0 Å². The number of rotatable bonds is 4. The van der Waals surface area contributed by atoms with Gasteiger partial charge in [0.15, 0.2) is 0 Å². The van der Waals surface area contributed by atoms with Crippen molar-refractivity contribution in [1.82, 2.24) is 4.90 Å². The summed E-state index contributed by atoms with van der Waals surface area (Å²) >= 11 is 0. The minimum absolute atomic E-state index is 0.172. The summed E-state index contributed by atoms with van der Waals surface area (Å²) in [6, 6.07) is 10.3. The molecule has 0 saturated heterocycles. The molecule has 1 aromatic rings. The smallest absolute Gasteiger partial charge is 0.307 e. The third-order valence-electron chi connectivity index (χ3n) is 2.93. The Morgan fingerprint density at radius 3 is 2.76 bits per heavy atom.